The Kier molecular flexibility index (Phi) is 7.44. The first-order chi connectivity index (χ1) is 13.3. The van der Waals surface area contributed by atoms with Crippen molar-refractivity contribution in [3.05, 3.63) is 67.6 Å². The Bertz CT molecular complexity index is 928. The van der Waals surface area contributed by atoms with Gasteiger partial charge in [-0.05, 0) is 25.5 Å². The quantitative estimate of drug-likeness (QED) is 0.427. The maximum atomic E-state index is 12.2. The Hall–Kier alpha value is -2.81. The van der Waals surface area contributed by atoms with E-state index in [0.29, 0.717) is 0 Å². The van der Waals surface area contributed by atoms with E-state index in [4.69, 9.17) is 0 Å². The molecule has 0 bridgehead atoms. The first kappa shape index (κ1) is 22.5. The Morgan fingerprint density at radius 1 is 1.14 bits per heavy atom. The number of hydrogen-bond acceptors (Lipinski definition) is 7. The molecule has 0 amide bonds. The van der Waals surface area contributed by atoms with Crippen molar-refractivity contribution in [3.63, 3.8) is 0 Å². The van der Waals surface area contributed by atoms with Crippen LogP contribution in [-0.2, 0) is 27.2 Å². The van der Waals surface area contributed by atoms with Crippen LogP contribution in [0.4, 0.5) is 18.9 Å². The zero-order valence-corrected chi connectivity index (χ0v) is 17.4. The Balaban J connectivity index is 0.000000202. The predicted octanol–water partition coefficient (Wildman–Crippen LogP) is 2.44. The molecule has 3 aromatic rings. The summed E-state index contributed by atoms with van der Waals surface area (Å²) in [5, 5.41) is 6.40. The summed E-state index contributed by atoms with van der Waals surface area (Å²) >= 11 is 0. The number of hydrogen-bond donors (Lipinski definition) is 0. The van der Waals surface area contributed by atoms with Gasteiger partial charge in [0.2, 0.25) is 0 Å². The van der Waals surface area contributed by atoms with Crippen LogP contribution in [0.3, 0.4) is 0 Å². The second-order valence-corrected chi connectivity index (χ2v) is 5.60. The standard InChI is InChI=1S/C9H10N4.C8H4F3N4.Pt/c1-8-10-5-9(6-11-8)13-4-3-12(2)7-13;9-8(10,11)7-3-5(14-15-7)6-4-12-1-2-13-6;/h3-5,7H,1-2H3;1-4H;/q-2;-1;. The summed E-state index contributed by atoms with van der Waals surface area (Å²) in [5.74, 6) is 0.736. The normalized spacial score (nSPS) is 13.0. The van der Waals surface area contributed by atoms with E-state index in [0.717, 1.165) is 17.6 Å². The van der Waals surface area contributed by atoms with Gasteiger partial charge in [0.05, 0.1) is 11.9 Å². The van der Waals surface area contributed by atoms with Gasteiger partial charge in [0.15, 0.2) is 0 Å². The Labute approximate surface area is 179 Å². The van der Waals surface area contributed by atoms with Gasteiger partial charge < -0.3 is 30.0 Å². The zero-order chi connectivity index (χ0) is 20.1. The van der Waals surface area contributed by atoms with Gasteiger partial charge >= 0.3 is 6.18 Å². The molecule has 4 rings (SSSR count). The molecule has 0 spiro atoms. The Morgan fingerprint density at radius 3 is 2.45 bits per heavy atom. The Morgan fingerprint density at radius 2 is 1.93 bits per heavy atom. The van der Waals surface area contributed by atoms with Gasteiger partial charge in [-0.2, -0.15) is 19.8 Å². The molecule has 29 heavy (non-hydrogen) atoms. The monoisotopic (exact) mass is 582 g/mol. The topological polar surface area (TPSA) is 85.0 Å². The number of aryl methyl sites for hydroxylation is 1. The van der Waals surface area contributed by atoms with Crippen LogP contribution in [0.25, 0.3) is 11.4 Å². The molecule has 1 aliphatic rings. The number of nitrogens with zero attached hydrogens (tertiary/aromatic N) is 8. The van der Waals surface area contributed by atoms with Crippen molar-refractivity contribution in [1.29, 1.82) is 0 Å². The van der Waals surface area contributed by atoms with Crippen LogP contribution >= 0.6 is 0 Å². The van der Waals surface area contributed by atoms with Gasteiger partial charge in [-0.15, -0.1) is 0 Å². The van der Waals surface area contributed by atoms with Crippen molar-refractivity contribution in [3.8, 4) is 11.4 Å². The van der Waals surface area contributed by atoms with E-state index in [1.807, 2.05) is 42.8 Å². The molecule has 0 saturated carbocycles. The first-order valence-electron chi connectivity index (χ1n) is 7.92. The number of alkyl halides is 3. The number of aromatic nitrogens is 6. The van der Waals surface area contributed by atoms with E-state index in [1.165, 1.54) is 18.6 Å². The summed E-state index contributed by atoms with van der Waals surface area (Å²) in [5.41, 5.74) is 0.158. The molecule has 0 radical (unpaired) electrons. The maximum Gasteiger partial charge on any atom is 0.431 e. The van der Waals surface area contributed by atoms with Gasteiger partial charge in [0, 0.05) is 39.3 Å². The van der Waals surface area contributed by atoms with E-state index in [-0.39, 0.29) is 32.5 Å². The summed E-state index contributed by atoms with van der Waals surface area (Å²) in [6.45, 7) is 3.78. The summed E-state index contributed by atoms with van der Waals surface area (Å²) in [6, 6.07) is 0.837. The molecule has 0 aliphatic carbocycles. The first-order valence-corrected chi connectivity index (χ1v) is 7.92. The number of rotatable bonds is 2. The minimum atomic E-state index is -4.48. The summed E-state index contributed by atoms with van der Waals surface area (Å²) < 4.78 is 36.5. The third-order valence-electron chi connectivity index (χ3n) is 3.41. The van der Waals surface area contributed by atoms with Crippen LogP contribution in [0.15, 0.2) is 43.3 Å². The molecule has 0 unspecified atom stereocenters. The van der Waals surface area contributed by atoms with Gasteiger partial charge in [-0.25, -0.2) is 0 Å². The van der Waals surface area contributed by atoms with Crippen LogP contribution in [0.2, 0.25) is 0 Å². The molecule has 156 valence electrons. The van der Waals surface area contributed by atoms with Crippen molar-refractivity contribution >= 4 is 5.69 Å². The van der Waals surface area contributed by atoms with E-state index < -0.39 is 11.9 Å². The van der Waals surface area contributed by atoms with Gasteiger partial charge in [-0.3, -0.25) is 9.97 Å². The smallest absolute Gasteiger partial charge is 0.431 e. The molecule has 0 fully saturated rings. The fourth-order valence-electron chi connectivity index (χ4n) is 2.06. The third kappa shape index (κ3) is 6.08. The molecule has 3 aromatic heterocycles. The van der Waals surface area contributed by atoms with Crippen molar-refractivity contribution in [1.82, 2.24) is 35.0 Å². The minimum Gasteiger partial charge on any atom is -0.573 e. The molecular formula is C17H14F3N8Pt-3. The van der Waals surface area contributed by atoms with Crippen molar-refractivity contribution in [2.45, 2.75) is 13.1 Å². The maximum absolute atomic E-state index is 12.2. The largest absolute Gasteiger partial charge is 0.573 e. The van der Waals surface area contributed by atoms with Gasteiger partial charge in [0.25, 0.3) is 0 Å². The van der Waals surface area contributed by atoms with Crippen LogP contribution in [0, 0.1) is 19.8 Å². The zero-order valence-electron chi connectivity index (χ0n) is 15.1. The molecule has 8 nitrogen and oxygen atoms in total. The molecular weight excluding hydrogens is 568 g/mol. The van der Waals surface area contributed by atoms with Crippen LogP contribution in [0.5, 0.6) is 0 Å². The van der Waals surface area contributed by atoms with Crippen LogP contribution in [0.1, 0.15) is 11.5 Å². The summed E-state index contributed by atoms with van der Waals surface area (Å²) in [6.07, 6.45) is 8.18. The fourth-order valence-corrected chi connectivity index (χ4v) is 2.06. The number of anilines is 1. The SMILES string of the molecule is Cc1n[c-]c(N2C=CN(C)[CH-]2)cn1.FC(F)(F)c1cc(-c2cnccn2)[n-]n1.[Pt]. The average Bonchev–Trinajstić information content (AvgIpc) is 3.33. The molecule has 1 aliphatic heterocycles. The molecule has 0 saturated heterocycles. The van der Waals surface area contributed by atoms with Gasteiger partial charge in [-0.1, -0.05) is 30.7 Å². The molecule has 4 heterocycles. The summed E-state index contributed by atoms with van der Waals surface area (Å²) in [4.78, 5) is 19.5. The molecule has 0 N–H and O–H groups in total. The average molecular weight is 582 g/mol. The van der Waals surface area contributed by atoms with Gasteiger partial charge in [0.1, 0.15) is 5.69 Å². The van der Waals surface area contributed by atoms with E-state index >= 15 is 0 Å². The van der Waals surface area contributed by atoms with Crippen molar-refractivity contribution in [2.24, 2.45) is 0 Å². The third-order valence-corrected chi connectivity index (χ3v) is 3.41. The van der Waals surface area contributed by atoms with E-state index in [9.17, 15) is 13.2 Å². The molecule has 12 heteroatoms. The predicted molar refractivity (Wildman–Crippen MR) is 92.9 cm³/mol. The second-order valence-electron chi connectivity index (χ2n) is 5.60. The summed E-state index contributed by atoms with van der Waals surface area (Å²) in [7, 11) is 1.96. The number of halogens is 3. The van der Waals surface area contributed by atoms with E-state index in [2.05, 4.69) is 36.3 Å². The van der Waals surface area contributed by atoms with Crippen LogP contribution < -0.4 is 10.00 Å². The minimum absolute atomic E-state index is 0. The fraction of sp³-hybridized carbons (Fsp3) is 0.176. The molecule has 0 aromatic carbocycles. The second kappa shape index (κ2) is 9.60. The molecule has 0 atom stereocenters. The van der Waals surface area contributed by atoms with E-state index in [1.54, 1.807) is 6.20 Å². The van der Waals surface area contributed by atoms with Crippen molar-refractivity contribution < 1.29 is 34.2 Å². The van der Waals surface area contributed by atoms with Crippen LogP contribution in [-0.4, -0.2) is 37.0 Å². The van der Waals surface area contributed by atoms with Crippen molar-refractivity contribution in [2.75, 3.05) is 11.9 Å².